The molecule has 0 saturated carbocycles. The minimum absolute atomic E-state index is 0.717. The molecule has 0 aliphatic carbocycles. The summed E-state index contributed by atoms with van der Waals surface area (Å²) in [7, 11) is 0. The van der Waals surface area contributed by atoms with E-state index in [4.69, 9.17) is 0 Å². The van der Waals surface area contributed by atoms with E-state index in [1.54, 1.807) is 0 Å². The largest absolute Gasteiger partial charge is 0.370 e. The molecule has 1 aliphatic rings. The van der Waals surface area contributed by atoms with Gasteiger partial charge in [0.25, 0.3) is 0 Å². The lowest BCUT2D eigenvalue weighted by Crippen LogP contribution is -2.26. The van der Waals surface area contributed by atoms with Crippen LogP contribution < -0.4 is 5.32 Å². The average Bonchev–Trinajstić information content (AvgIpc) is 2.68. The SMILES string of the molecule is CCNc1ncccc1CN1CCCC1C. The summed E-state index contributed by atoms with van der Waals surface area (Å²) < 4.78 is 0. The molecule has 2 rings (SSSR count). The Morgan fingerprint density at radius 1 is 1.56 bits per heavy atom. The van der Waals surface area contributed by atoms with E-state index in [1.807, 2.05) is 12.3 Å². The minimum Gasteiger partial charge on any atom is -0.370 e. The van der Waals surface area contributed by atoms with Gasteiger partial charge in [0.1, 0.15) is 5.82 Å². The summed E-state index contributed by atoms with van der Waals surface area (Å²) in [5.74, 6) is 1.05. The maximum absolute atomic E-state index is 4.40. The van der Waals surface area contributed by atoms with Gasteiger partial charge in [0.2, 0.25) is 0 Å². The summed E-state index contributed by atoms with van der Waals surface area (Å²) in [6, 6.07) is 4.92. The molecule has 3 heteroatoms. The van der Waals surface area contributed by atoms with Crippen LogP contribution in [-0.4, -0.2) is 29.0 Å². The maximum Gasteiger partial charge on any atom is 0.130 e. The maximum atomic E-state index is 4.40. The molecule has 1 atom stereocenters. The van der Waals surface area contributed by atoms with Gasteiger partial charge in [0.15, 0.2) is 0 Å². The fraction of sp³-hybridized carbons (Fsp3) is 0.615. The smallest absolute Gasteiger partial charge is 0.130 e. The number of hydrogen-bond donors (Lipinski definition) is 1. The Labute approximate surface area is 97.9 Å². The van der Waals surface area contributed by atoms with E-state index < -0.39 is 0 Å². The molecule has 1 aromatic rings. The lowest BCUT2D eigenvalue weighted by Gasteiger charge is -2.22. The van der Waals surface area contributed by atoms with Crippen LogP contribution in [0.3, 0.4) is 0 Å². The molecular formula is C13H21N3. The van der Waals surface area contributed by atoms with E-state index in [1.165, 1.54) is 24.9 Å². The van der Waals surface area contributed by atoms with E-state index in [-0.39, 0.29) is 0 Å². The molecule has 0 aromatic carbocycles. The van der Waals surface area contributed by atoms with Crippen molar-refractivity contribution in [1.29, 1.82) is 0 Å². The van der Waals surface area contributed by atoms with Gasteiger partial charge in [-0.2, -0.15) is 0 Å². The summed E-state index contributed by atoms with van der Waals surface area (Å²) in [6.07, 6.45) is 4.52. The summed E-state index contributed by atoms with van der Waals surface area (Å²) in [5.41, 5.74) is 1.32. The van der Waals surface area contributed by atoms with Gasteiger partial charge in [-0.1, -0.05) is 6.07 Å². The van der Waals surface area contributed by atoms with Crippen LogP contribution in [0.25, 0.3) is 0 Å². The lowest BCUT2D eigenvalue weighted by atomic mass is 10.2. The standard InChI is InChI=1S/C13H21N3/c1-3-14-13-12(7-4-8-15-13)10-16-9-5-6-11(16)2/h4,7-8,11H,3,5-6,9-10H2,1-2H3,(H,14,15). The van der Waals surface area contributed by atoms with Gasteiger partial charge in [0, 0.05) is 30.9 Å². The number of rotatable bonds is 4. The highest BCUT2D eigenvalue weighted by Crippen LogP contribution is 2.21. The molecule has 1 N–H and O–H groups in total. The molecule has 0 amide bonds. The van der Waals surface area contributed by atoms with Gasteiger partial charge < -0.3 is 5.32 Å². The summed E-state index contributed by atoms with van der Waals surface area (Å²) in [6.45, 7) is 7.60. The first-order valence-electron chi connectivity index (χ1n) is 6.23. The highest BCUT2D eigenvalue weighted by atomic mass is 15.2. The van der Waals surface area contributed by atoms with Gasteiger partial charge in [-0.15, -0.1) is 0 Å². The Bertz CT molecular complexity index is 338. The highest BCUT2D eigenvalue weighted by molar-refractivity contribution is 5.43. The quantitative estimate of drug-likeness (QED) is 0.843. The Morgan fingerprint density at radius 2 is 2.44 bits per heavy atom. The third-order valence-corrected chi connectivity index (χ3v) is 3.30. The molecule has 88 valence electrons. The van der Waals surface area contributed by atoms with Gasteiger partial charge in [-0.25, -0.2) is 4.98 Å². The van der Waals surface area contributed by atoms with Crippen LogP contribution in [0.1, 0.15) is 32.3 Å². The summed E-state index contributed by atoms with van der Waals surface area (Å²) >= 11 is 0. The highest BCUT2D eigenvalue weighted by Gasteiger charge is 2.20. The van der Waals surface area contributed by atoms with Crippen molar-refractivity contribution in [2.75, 3.05) is 18.4 Å². The van der Waals surface area contributed by atoms with Gasteiger partial charge in [-0.05, 0) is 39.3 Å². The van der Waals surface area contributed by atoms with Gasteiger partial charge >= 0.3 is 0 Å². The molecule has 0 bridgehead atoms. The molecule has 16 heavy (non-hydrogen) atoms. The molecule has 1 unspecified atom stereocenters. The van der Waals surface area contributed by atoms with Gasteiger partial charge in [-0.3, -0.25) is 4.90 Å². The minimum atomic E-state index is 0.717. The van der Waals surface area contributed by atoms with Crippen molar-refractivity contribution in [3.8, 4) is 0 Å². The van der Waals surface area contributed by atoms with Crippen molar-refractivity contribution in [3.63, 3.8) is 0 Å². The molecule has 3 nitrogen and oxygen atoms in total. The number of likely N-dealkylation sites (tertiary alicyclic amines) is 1. The van der Waals surface area contributed by atoms with Crippen LogP contribution >= 0.6 is 0 Å². The zero-order valence-electron chi connectivity index (χ0n) is 10.2. The monoisotopic (exact) mass is 219 g/mol. The second-order valence-electron chi connectivity index (χ2n) is 4.50. The first-order valence-corrected chi connectivity index (χ1v) is 6.23. The molecular weight excluding hydrogens is 198 g/mol. The third kappa shape index (κ3) is 2.53. The number of aromatic nitrogens is 1. The fourth-order valence-electron chi connectivity index (χ4n) is 2.34. The van der Waals surface area contributed by atoms with Crippen LogP contribution in [0.4, 0.5) is 5.82 Å². The van der Waals surface area contributed by atoms with E-state index >= 15 is 0 Å². The first kappa shape index (κ1) is 11.4. The molecule has 1 fully saturated rings. The van der Waals surface area contributed by atoms with E-state index in [0.29, 0.717) is 0 Å². The Balaban J connectivity index is 2.07. The van der Waals surface area contributed by atoms with Crippen molar-refractivity contribution in [1.82, 2.24) is 9.88 Å². The molecule has 1 aliphatic heterocycles. The van der Waals surface area contributed by atoms with Crippen molar-refractivity contribution < 1.29 is 0 Å². The Kier molecular flexibility index (Phi) is 3.78. The van der Waals surface area contributed by atoms with Crippen LogP contribution in [0, 0.1) is 0 Å². The number of hydrogen-bond acceptors (Lipinski definition) is 3. The van der Waals surface area contributed by atoms with Crippen molar-refractivity contribution in [3.05, 3.63) is 23.9 Å². The van der Waals surface area contributed by atoms with Gasteiger partial charge in [0.05, 0.1) is 0 Å². The predicted octanol–water partition coefficient (Wildman–Crippen LogP) is 2.50. The van der Waals surface area contributed by atoms with Crippen molar-refractivity contribution in [2.45, 2.75) is 39.3 Å². The topological polar surface area (TPSA) is 28.2 Å². The zero-order valence-corrected chi connectivity index (χ0v) is 10.2. The Hall–Kier alpha value is -1.09. The number of nitrogens with one attached hydrogen (secondary N) is 1. The molecule has 2 heterocycles. The first-order chi connectivity index (χ1) is 7.81. The van der Waals surface area contributed by atoms with E-state index in [2.05, 4.69) is 35.1 Å². The van der Waals surface area contributed by atoms with Crippen LogP contribution in [0.2, 0.25) is 0 Å². The average molecular weight is 219 g/mol. The fourth-order valence-corrected chi connectivity index (χ4v) is 2.34. The van der Waals surface area contributed by atoms with E-state index in [0.717, 1.165) is 24.9 Å². The van der Waals surface area contributed by atoms with Crippen LogP contribution in [0.15, 0.2) is 18.3 Å². The lowest BCUT2D eigenvalue weighted by molar-refractivity contribution is 0.260. The normalized spacial score (nSPS) is 21.2. The zero-order chi connectivity index (χ0) is 11.4. The van der Waals surface area contributed by atoms with Crippen LogP contribution in [0.5, 0.6) is 0 Å². The van der Waals surface area contributed by atoms with Crippen molar-refractivity contribution >= 4 is 5.82 Å². The van der Waals surface area contributed by atoms with Crippen molar-refractivity contribution in [2.24, 2.45) is 0 Å². The third-order valence-electron chi connectivity index (χ3n) is 3.30. The molecule has 1 aromatic heterocycles. The molecule has 0 radical (unpaired) electrons. The summed E-state index contributed by atoms with van der Waals surface area (Å²) in [5, 5.41) is 3.33. The van der Waals surface area contributed by atoms with Crippen LogP contribution in [-0.2, 0) is 6.54 Å². The number of pyridine rings is 1. The molecule has 0 spiro atoms. The Morgan fingerprint density at radius 3 is 3.12 bits per heavy atom. The number of nitrogens with zero attached hydrogens (tertiary/aromatic N) is 2. The predicted molar refractivity (Wildman–Crippen MR) is 67.5 cm³/mol. The second-order valence-corrected chi connectivity index (χ2v) is 4.50. The van der Waals surface area contributed by atoms with E-state index in [9.17, 15) is 0 Å². The molecule has 1 saturated heterocycles. The summed E-state index contributed by atoms with van der Waals surface area (Å²) in [4.78, 5) is 6.94. The second kappa shape index (κ2) is 5.30. The number of anilines is 1.